The highest BCUT2D eigenvalue weighted by Crippen LogP contribution is 2.32. The topological polar surface area (TPSA) is 20.2 Å². The Morgan fingerprint density at radius 2 is 2.10 bits per heavy atom. The number of hydrogen-bond donors (Lipinski definition) is 1. The first-order valence-electron chi connectivity index (χ1n) is 2.65. The number of aliphatic hydroxyl groups is 1. The molecule has 0 aromatic rings. The molecule has 0 heterocycles. The van der Waals surface area contributed by atoms with E-state index in [9.17, 15) is 0 Å². The van der Waals surface area contributed by atoms with Crippen LogP contribution in [0.5, 0.6) is 0 Å². The zero-order chi connectivity index (χ0) is 7.78. The molecule has 1 N–H and O–H groups in total. The molecule has 0 fully saturated rings. The average Bonchev–Trinajstić information content (AvgIpc) is 1.81. The van der Waals surface area contributed by atoms with Gasteiger partial charge in [0.1, 0.15) is 6.10 Å². The summed E-state index contributed by atoms with van der Waals surface area (Å²) in [6.07, 6.45) is 3.46. The summed E-state index contributed by atoms with van der Waals surface area (Å²) in [5.41, 5.74) is 0. The van der Waals surface area contributed by atoms with Crippen LogP contribution in [-0.2, 0) is 0 Å². The van der Waals surface area contributed by atoms with Crippen LogP contribution in [-0.4, -0.2) is 15.5 Å². The Kier molecular flexibility index (Phi) is 2.31. The Bertz CT molecular complexity index is 195. The molecule has 1 aliphatic carbocycles. The van der Waals surface area contributed by atoms with Gasteiger partial charge in [0.15, 0.2) is 4.33 Å². The molecule has 1 atom stereocenters. The SMILES string of the molecule is OC1C=C(Cl)C=CC1(Cl)Cl. The van der Waals surface area contributed by atoms with Crippen LogP contribution in [0.4, 0.5) is 0 Å². The molecule has 0 saturated carbocycles. The fourth-order valence-corrected chi connectivity index (χ4v) is 1.04. The average molecular weight is 199 g/mol. The smallest absolute Gasteiger partial charge is 0.165 e. The summed E-state index contributed by atoms with van der Waals surface area (Å²) in [5, 5.41) is 9.58. The van der Waals surface area contributed by atoms with Crippen LogP contribution in [0.2, 0.25) is 0 Å². The van der Waals surface area contributed by atoms with Crippen LogP contribution >= 0.6 is 34.8 Å². The van der Waals surface area contributed by atoms with Crippen molar-refractivity contribution in [2.45, 2.75) is 10.4 Å². The van der Waals surface area contributed by atoms with Gasteiger partial charge in [0.2, 0.25) is 0 Å². The third kappa shape index (κ3) is 1.67. The van der Waals surface area contributed by atoms with Gasteiger partial charge in [-0.1, -0.05) is 34.8 Å². The quantitative estimate of drug-likeness (QED) is 0.593. The van der Waals surface area contributed by atoms with Crippen molar-refractivity contribution in [3.8, 4) is 0 Å². The van der Waals surface area contributed by atoms with Crippen molar-refractivity contribution in [3.05, 3.63) is 23.3 Å². The Balaban J connectivity index is 2.84. The van der Waals surface area contributed by atoms with Crippen molar-refractivity contribution >= 4 is 34.8 Å². The highest BCUT2D eigenvalue weighted by atomic mass is 35.5. The highest BCUT2D eigenvalue weighted by molar-refractivity contribution is 6.50. The Labute approximate surface area is 73.9 Å². The van der Waals surface area contributed by atoms with E-state index in [4.69, 9.17) is 39.9 Å². The molecular formula is C6H5Cl3O. The van der Waals surface area contributed by atoms with E-state index in [1.54, 1.807) is 6.08 Å². The summed E-state index contributed by atoms with van der Waals surface area (Å²) >= 11 is 16.8. The van der Waals surface area contributed by atoms with Crippen LogP contribution < -0.4 is 0 Å². The van der Waals surface area contributed by atoms with Crippen molar-refractivity contribution in [3.63, 3.8) is 0 Å². The minimum atomic E-state index is -1.22. The second-order valence-corrected chi connectivity index (χ2v) is 3.88. The fraction of sp³-hybridized carbons (Fsp3) is 0.333. The first-order valence-corrected chi connectivity index (χ1v) is 3.78. The zero-order valence-electron chi connectivity index (χ0n) is 4.89. The molecule has 0 saturated heterocycles. The summed E-state index contributed by atoms with van der Waals surface area (Å²) in [6.45, 7) is 0. The molecule has 0 aromatic carbocycles. The molecule has 0 aliphatic heterocycles. The van der Waals surface area contributed by atoms with Crippen LogP contribution in [0, 0.1) is 0 Å². The van der Waals surface area contributed by atoms with E-state index in [1.165, 1.54) is 12.2 Å². The lowest BCUT2D eigenvalue weighted by molar-refractivity contribution is 0.217. The molecule has 1 nitrogen and oxygen atoms in total. The molecular weight excluding hydrogens is 194 g/mol. The van der Waals surface area contributed by atoms with Crippen molar-refractivity contribution in [2.75, 3.05) is 0 Å². The second kappa shape index (κ2) is 2.74. The van der Waals surface area contributed by atoms with Gasteiger partial charge in [0.05, 0.1) is 0 Å². The molecule has 56 valence electrons. The molecule has 0 bridgehead atoms. The Hall–Kier alpha value is 0.310. The summed E-state index contributed by atoms with van der Waals surface area (Å²) < 4.78 is -1.22. The van der Waals surface area contributed by atoms with E-state index in [0.717, 1.165) is 0 Å². The normalized spacial score (nSPS) is 30.0. The first-order chi connectivity index (χ1) is 4.52. The van der Waals surface area contributed by atoms with Crippen molar-refractivity contribution < 1.29 is 5.11 Å². The van der Waals surface area contributed by atoms with E-state index < -0.39 is 10.4 Å². The maximum absolute atomic E-state index is 9.13. The molecule has 1 aliphatic rings. The standard InChI is InChI=1S/C6H5Cl3O/c7-4-1-2-6(8,9)5(10)3-4/h1-3,5,10H. The minimum absolute atomic E-state index is 0.449. The van der Waals surface area contributed by atoms with Gasteiger partial charge in [-0.3, -0.25) is 0 Å². The summed E-state index contributed by atoms with van der Waals surface area (Å²) in [7, 11) is 0. The van der Waals surface area contributed by atoms with E-state index in [1.807, 2.05) is 0 Å². The number of hydrogen-bond acceptors (Lipinski definition) is 1. The Morgan fingerprint density at radius 1 is 1.50 bits per heavy atom. The summed E-state index contributed by atoms with van der Waals surface area (Å²) in [6, 6.07) is 0. The summed E-state index contributed by atoms with van der Waals surface area (Å²) in [4.78, 5) is 0. The number of alkyl halides is 2. The molecule has 0 amide bonds. The largest absolute Gasteiger partial charge is 0.385 e. The Morgan fingerprint density at radius 3 is 2.50 bits per heavy atom. The monoisotopic (exact) mass is 198 g/mol. The number of aliphatic hydroxyl groups excluding tert-OH is 1. The maximum Gasteiger partial charge on any atom is 0.165 e. The van der Waals surface area contributed by atoms with Gasteiger partial charge in [-0.25, -0.2) is 0 Å². The lowest BCUT2D eigenvalue weighted by Gasteiger charge is -2.22. The van der Waals surface area contributed by atoms with Gasteiger partial charge in [0.25, 0.3) is 0 Å². The van der Waals surface area contributed by atoms with Crippen LogP contribution in [0.25, 0.3) is 0 Å². The van der Waals surface area contributed by atoms with Crippen LogP contribution in [0.3, 0.4) is 0 Å². The molecule has 1 rings (SSSR count). The maximum atomic E-state index is 9.13. The molecule has 10 heavy (non-hydrogen) atoms. The van der Waals surface area contributed by atoms with Crippen molar-refractivity contribution in [1.29, 1.82) is 0 Å². The predicted octanol–water partition coefficient (Wildman–Crippen LogP) is 2.21. The molecule has 0 radical (unpaired) electrons. The van der Waals surface area contributed by atoms with Gasteiger partial charge in [0, 0.05) is 5.03 Å². The van der Waals surface area contributed by atoms with E-state index in [-0.39, 0.29) is 0 Å². The number of halogens is 3. The molecule has 0 spiro atoms. The minimum Gasteiger partial charge on any atom is -0.385 e. The van der Waals surface area contributed by atoms with Gasteiger partial charge in [-0.2, -0.15) is 0 Å². The molecule has 4 heteroatoms. The third-order valence-corrected chi connectivity index (χ3v) is 2.13. The molecule has 1 unspecified atom stereocenters. The van der Waals surface area contributed by atoms with Crippen molar-refractivity contribution in [2.24, 2.45) is 0 Å². The van der Waals surface area contributed by atoms with Crippen LogP contribution in [0.1, 0.15) is 0 Å². The van der Waals surface area contributed by atoms with Crippen molar-refractivity contribution in [1.82, 2.24) is 0 Å². The van der Waals surface area contributed by atoms with Gasteiger partial charge >= 0.3 is 0 Å². The molecule has 0 aromatic heterocycles. The first kappa shape index (κ1) is 8.41. The van der Waals surface area contributed by atoms with E-state index in [0.29, 0.717) is 5.03 Å². The van der Waals surface area contributed by atoms with E-state index in [2.05, 4.69) is 0 Å². The third-order valence-electron chi connectivity index (χ3n) is 1.18. The van der Waals surface area contributed by atoms with Gasteiger partial charge in [-0.15, -0.1) is 0 Å². The summed E-state index contributed by atoms with van der Waals surface area (Å²) in [5.74, 6) is 0. The van der Waals surface area contributed by atoms with Crippen LogP contribution in [0.15, 0.2) is 23.3 Å². The van der Waals surface area contributed by atoms with Gasteiger partial charge < -0.3 is 5.11 Å². The van der Waals surface area contributed by atoms with E-state index >= 15 is 0 Å². The fourth-order valence-electron chi connectivity index (χ4n) is 0.607. The lowest BCUT2D eigenvalue weighted by atomic mass is 10.1. The second-order valence-electron chi connectivity index (χ2n) is 2.00. The van der Waals surface area contributed by atoms with Gasteiger partial charge in [-0.05, 0) is 18.2 Å². The lowest BCUT2D eigenvalue weighted by Crippen LogP contribution is -2.28. The predicted molar refractivity (Wildman–Crippen MR) is 43.5 cm³/mol. The highest BCUT2D eigenvalue weighted by Gasteiger charge is 2.31. The number of allylic oxidation sites excluding steroid dienone is 2. The zero-order valence-corrected chi connectivity index (χ0v) is 7.16. The number of rotatable bonds is 0.